The fraction of sp³-hybridized carbons (Fsp3) is 0.294. The van der Waals surface area contributed by atoms with E-state index in [1.807, 2.05) is 18.2 Å². The maximum absolute atomic E-state index is 9.08. The van der Waals surface area contributed by atoms with Crippen LogP contribution in [0.2, 0.25) is 5.02 Å². The van der Waals surface area contributed by atoms with E-state index < -0.39 is 0 Å². The molecule has 1 N–H and O–H groups in total. The topological polar surface area (TPSA) is 29.5 Å². The van der Waals surface area contributed by atoms with Gasteiger partial charge in [-0.25, -0.2) is 0 Å². The number of benzene rings is 2. The Balaban J connectivity index is 2.04. The minimum atomic E-state index is -0.0642. The predicted octanol–water partition coefficient (Wildman–Crippen LogP) is 4.97. The van der Waals surface area contributed by atoms with Gasteiger partial charge in [0.15, 0.2) is 0 Å². The maximum atomic E-state index is 9.08. The van der Waals surface area contributed by atoms with Crippen molar-refractivity contribution in [1.29, 1.82) is 0 Å². The molecule has 0 heterocycles. The number of halogens is 1. The van der Waals surface area contributed by atoms with Crippen LogP contribution in [0.5, 0.6) is 11.5 Å². The lowest BCUT2D eigenvalue weighted by molar-refractivity contribution is 0.282. The van der Waals surface area contributed by atoms with E-state index in [-0.39, 0.29) is 6.61 Å². The highest BCUT2D eigenvalue weighted by atomic mass is 35.5. The van der Waals surface area contributed by atoms with Crippen LogP contribution in [0.3, 0.4) is 0 Å². The van der Waals surface area contributed by atoms with Crippen LogP contribution < -0.4 is 4.74 Å². The van der Waals surface area contributed by atoms with Gasteiger partial charge in [-0.2, -0.15) is 0 Å². The van der Waals surface area contributed by atoms with Crippen LogP contribution in [-0.4, -0.2) is 5.11 Å². The number of rotatable bonds is 6. The zero-order chi connectivity index (χ0) is 14.4. The molecule has 0 aliphatic heterocycles. The average Bonchev–Trinajstić information content (AvgIpc) is 2.47. The number of aliphatic hydroxyl groups excluding tert-OH is 1. The zero-order valence-corrected chi connectivity index (χ0v) is 12.4. The molecule has 0 aromatic heterocycles. The van der Waals surface area contributed by atoms with Gasteiger partial charge in [-0.15, -0.1) is 0 Å². The Morgan fingerprint density at radius 2 is 1.75 bits per heavy atom. The van der Waals surface area contributed by atoms with Crippen LogP contribution in [0.25, 0.3) is 0 Å². The van der Waals surface area contributed by atoms with Crippen LogP contribution in [0.4, 0.5) is 0 Å². The smallest absolute Gasteiger partial charge is 0.128 e. The van der Waals surface area contributed by atoms with E-state index >= 15 is 0 Å². The van der Waals surface area contributed by atoms with Crippen LogP contribution in [0, 0.1) is 0 Å². The number of unbranched alkanes of at least 4 members (excludes halogenated alkanes) is 1. The van der Waals surface area contributed by atoms with Gasteiger partial charge in [0.05, 0.1) is 6.61 Å². The van der Waals surface area contributed by atoms with Gasteiger partial charge in [-0.1, -0.05) is 43.1 Å². The van der Waals surface area contributed by atoms with Gasteiger partial charge in [-0.05, 0) is 48.2 Å². The highest BCUT2D eigenvalue weighted by molar-refractivity contribution is 6.31. The summed E-state index contributed by atoms with van der Waals surface area (Å²) in [5.74, 6) is 1.46. The highest BCUT2D eigenvalue weighted by Gasteiger charge is 2.03. The average molecular weight is 291 g/mol. The molecular formula is C17H19ClO2. The van der Waals surface area contributed by atoms with Gasteiger partial charge < -0.3 is 9.84 Å². The molecule has 0 fully saturated rings. The summed E-state index contributed by atoms with van der Waals surface area (Å²) in [6, 6.07) is 13.4. The van der Waals surface area contributed by atoms with Gasteiger partial charge in [0, 0.05) is 5.02 Å². The quantitative estimate of drug-likeness (QED) is 0.814. The van der Waals surface area contributed by atoms with Gasteiger partial charge in [0.1, 0.15) is 11.5 Å². The Morgan fingerprint density at radius 3 is 2.35 bits per heavy atom. The second kappa shape index (κ2) is 7.32. The van der Waals surface area contributed by atoms with Gasteiger partial charge in [-0.3, -0.25) is 0 Å². The molecule has 0 aliphatic rings. The largest absolute Gasteiger partial charge is 0.457 e. The Labute approximate surface area is 125 Å². The Morgan fingerprint density at radius 1 is 1.05 bits per heavy atom. The first-order valence-electron chi connectivity index (χ1n) is 6.89. The second-order valence-corrected chi connectivity index (χ2v) is 5.17. The van der Waals surface area contributed by atoms with Crippen molar-refractivity contribution in [1.82, 2.24) is 0 Å². The highest BCUT2D eigenvalue weighted by Crippen LogP contribution is 2.27. The number of aryl methyl sites for hydroxylation is 1. The van der Waals surface area contributed by atoms with E-state index in [9.17, 15) is 0 Å². The van der Waals surface area contributed by atoms with E-state index in [4.69, 9.17) is 21.4 Å². The molecule has 2 rings (SSSR count). The predicted molar refractivity (Wildman–Crippen MR) is 82.5 cm³/mol. The van der Waals surface area contributed by atoms with Crippen molar-refractivity contribution < 1.29 is 9.84 Å². The number of hydrogen-bond donors (Lipinski definition) is 1. The Kier molecular flexibility index (Phi) is 5.45. The fourth-order valence-electron chi connectivity index (χ4n) is 1.96. The first-order valence-corrected chi connectivity index (χ1v) is 7.27. The first kappa shape index (κ1) is 14.9. The van der Waals surface area contributed by atoms with Gasteiger partial charge in [0.2, 0.25) is 0 Å². The molecule has 2 aromatic rings. The van der Waals surface area contributed by atoms with E-state index in [0.29, 0.717) is 16.3 Å². The second-order valence-electron chi connectivity index (χ2n) is 4.76. The molecular weight excluding hydrogens is 272 g/mol. The summed E-state index contributed by atoms with van der Waals surface area (Å²) in [5.41, 5.74) is 2.03. The van der Waals surface area contributed by atoms with Crippen molar-refractivity contribution >= 4 is 11.6 Å². The molecule has 0 saturated heterocycles. The molecule has 2 nitrogen and oxygen atoms in total. The minimum Gasteiger partial charge on any atom is -0.457 e. The number of ether oxygens (including phenoxy) is 1. The summed E-state index contributed by atoms with van der Waals surface area (Å²) >= 11 is 6.04. The minimum absolute atomic E-state index is 0.0642. The van der Waals surface area contributed by atoms with E-state index in [0.717, 1.165) is 12.2 Å². The number of aliphatic hydroxyl groups is 1. The number of hydrogen-bond acceptors (Lipinski definition) is 2. The molecule has 0 amide bonds. The first-order chi connectivity index (χ1) is 9.72. The molecule has 0 bridgehead atoms. The molecule has 0 unspecified atom stereocenters. The van der Waals surface area contributed by atoms with Crippen LogP contribution >= 0.6 is 11.6 Å². The molecule has 0 spiro atoms. The van der Waals surface area contributed by atoms with Crippen LogP contribution in [0.15, 0.2) is 42.5 Å². The van der Waals surface area contributed by atoms with Crippen molar-refractivity contribution in [3.05, 3.63) is 58.6 Å². The Bertz CT molecular complexity index is 549. The van der Waals surface area contributed by atoms with E-state index in [1.54, 1.807) is 12.1 Å². The van der Waals surface area contributed by atoms with Crippen molar-refractivity contribution in [2.45, 2.75) is 32.8 Å². The van der Waals surface area contributed by atoms with E-state index in [2.05, 4.69) is 19.1 Å². The normalized spacial score (nSPS) is 10.6. The van der Waals surface area contributed by atoms with Crippen LogP contribution in [-0.2, 0) is 13.0 Å². The summed E-state index contributed by atoms with van der Waals surface area (Å²) in [6.07, 6.45) is 3.51. The molecule has 2 aromatic carbocycles. The monoisotopic (exact) mass is 290 g/mol. The molecule has 0 aliphatic carbocycles. The molecule has 0 radical (unpaired) electrons. The molecule has 20 heavy (non-hydrogen) atoms. The SMILES string of the molecule is CCCCc1ccc(Oc2ccc(CO)c(Cl)c2)cc1. The summed E-state index contributed by atoms with van der Waals surface area (Å²) in [6.45, 7) is 2.13. The van der Waals surface area contributed by atoms with Gasteiger partial charge >= 0.3 is 0 Å². The molecule has 0 saturated carbocycles. The third-order valence-corrected chi connectivity index (χ3v) is 3.52. The maximum Gasteiger partial charge on any atom is 0.128 e. The molecule has 106 valence electrons. The lowest BCUT2D eigenvalue weighted by atomic mass is 10.1. The van der Waals surface area contributed by atoms with Gasteiger partial charge in [0.25, 0.3) is 0 Å². The standard InChI is InChI=1S/C17H19ClO2/c1-2-3-4-13-5-8-15(9-6-13)20-16-10-7-14(12-19)17(18)11-16/h5-11,19H,2-4,12H2,1H3. The van der Waals surface area contributed by atoms with Crippen LogP contribution in [0.1, 0.15) is 30.9 Å². The Hall–Kier alpha value is -1.51. The summed E-state index contributed by atoms with van der Waals surface area (Å²) in [4.78, 5) is 0. The summed E-state index contributed by atoms with van der Waals surface area (Å²) in [7, 11) is 0. The van der Waals surface area contributed by atoms with Crippen molar-refractivity contribution in [3.8, 4) is 11.5 Å². The molecule has 0 atom stereocenters. The lowest BCUT2D eigenvalue weighted by Gasteiger charge is -2.08. The zero-order valence-electron chi connectivity index (χ0n) is 11.6. The molecule has 3 heteroatoms. The summed E-state index contributed by atoms with van der Waals surface area (Å²) in [5, 5.41) is 9.59. The third-order valence-electron chi connectivity index (χ3n) is 3.17. The van der Waals surface area contributed by atoms with E-state index in [1.165, 1.54) is 18.4 Å². The lowest BCUT2D eigenvalue weighted by Crippen LogP contribution is -1.89. The fourth-order valence-corrected chi connectivity index (χ4v) is 2.19. The van der Waals surface area contributed by atoms with Crippen molar-refractivity contribution in [2.24, 2.45) is 0 Å². The van der Waals surface area contributed by atoms with Crippen molar-refractivity contribution in [3.63, 3.8) is 0 Å². The summed E-state index contributed by atoms with van der Waals surface area (Å²) < 4.78 is 5.75. The third kappa shape index (κ3) is 3.99. The van der Waals surface area contributed by atoms with Crippen molar-refractivity contribution in [2.75, 3.05) is 0 Å².